The fourth-order valence-corrected chi connectivity index (χ4v) is 1.97. The molecule has 1 saturated carbocycles. The van der Waals surface area contributed by atoms with Crippen LogP contribution in [-0.2, 0) is 0 Å². The van der Waals surface area contributed by atoms with E-state index in [1.807, 2.05) is 0 Å². The van der Waals surface area contributed by atoms with E-state index < -0.39 is 17.3 Å². The Hall–Kier alpha value is -0.160. The zero-order valence-corrected chi connectivity index (χ0v) is 8.77. The van der Waals surface area contributed by atoms with Gasteiger partial charge in [-0.2, -0.15) is 0 Å². The first-order chi connectivity index (χ1) is 6.29. The lowest BCUT2D eigenvalue weighted by Gasteiger charge is -2.42. The predicted molar refractivity (Wildman–Crippen MR) is 51.7 cm³/mol. The average molecular weight is 204 g/mol. The molecule has 0 bridgehead atoms. The molecular formula is C10H20O4. The van der Waals surface area contributed by atoms with Crippen LogP contribution in [0, 0.1) is 5.92 Å². The molecule has 4 N–H and O–H groups in total. The Kier molecular flexibility index (Phi) is 3.21. The van der Waals surface area contributed by atoms with E-state index in [0.717, 1.165) is 0 Å². The molecule has 0 saturated heterocycles. The molecular weight excluding hydrogens is 184 g/mol. The van der Waals surface area contributed by atoms with Gasteiger partial charge in [-0.15, -0.1) is 0 Å². The van der Waals surface area contributed by atoms with Gasteiger partial charge in [-0.05, 0) is 39.0 Å². The summed E-state index contributed by atoms with van der Waals surface area (Å²) in [4.78, 5) is 0. The fraction of sp³-hybridized carbons (Fsp3) is 1.00. The van der Waals surface area contributed by atoms with E-state index in [-0.39, 0.29) is 12.5 Å². The van der Waals surface area contributed by atoms with Crippen LogP contribution in [0.3, 0.4) is 0 Å². The Morgan fingerprint density at radius 3 is 2.50 bits per heavy atom. The van der Waals surface area contributed by atoms with E-state index in [1.54, 1.807) is 13.8 Å². The van der Waals surface area contributed by atoms with Crippen molar-refractivity contribution in [2.24, 2.45) is 5.92 Å². The van der Waals surface area contributed by atoms with Crippen LogP contribution in [0.15, 0.2) is 0 Å². The van der Waals surface area contributed by atoms with Crippen LogP contribution < -0.4 is 0 Å². The summed E-state index contributed by atoms with van der Waals surface area (Å²) in [6.07, 6.45) is 0.590. The van der Waals surface area contributed by atoms with Crippen LogP contribution >= 0.6 is 0 Å². The highest BCUT2D eigenvalue weighted by atomic mass is 16.3. The number of aliphatic hydroxyl groups is 4. The summed E-state index contributed by atoms with van der Waals surface area (Å²) in [5.74, 6) is -0.150. The molecule has 1 fully saturated rings. The molecule has 4 heteroatoms. The molecule has 1 aliphatic carbocycles. The zero-order valence-electron chi connectivity index (χ0n) is 8.77. The molecule has 14 heavy (non-hydrogen) atoms. The average Bonchev–Trinajstić information content (AvgIpc) is 2.09. The van der Waals surface area contributed by atoms with Crippen molar-refractivity contribution in [3.63, 3.8) is 0 Å². The first-order valence-electron chi connectivity index (χ1n) is 5.03. The van der Waals surface area contributed by atoms with Crippen LogP contribution in [0.25, 0.3) is 0 Å². The molecule has 84 valence electrons. The molecule has 0 aromatic rings. The summed E-state index contributed by atoms with van der Waals surface area (Å²) in [6.45, 7) is 2.85. The molecule has 0 amide bonds. The molecule has 0 aliphatic heterocycles. The minimum atomic E-state index is -1.16. The quantitative estimate of drug-likeness (QED) is 0.495. The molecule has 0 spiro atoms. The first-order valence-corrected chi connectivity index (χ1v) is 5.03. The number of hydrogen-bond acceptors (Lipinski definition) is 4. The zero-order chi connectivity index (χ0) is 11.0. The predicted octanol–water partition coefficient (Wildman–Crippen LogP) is -0.358. The van der Waals surface area contributed by atoms with Crippen LogP contribution in [0.4, 0.5) is 0 Å². The highest BCUT2D eigenvalue weighted by Gasteiger charge is 2.43. The van der Waals surface area contributed by atoms with Gasteiger partial charge < -0.3 is 20.4 Å². The topological polar surface area (TPSA) is 80.9 Å². The minimum absolute atomic E-state index is 0.150. The normalized spacial score (nSPS) is 43.3. The van der Waals surface area contributed by atoms with E-state index in [0.29, 0.717) is 19.3 Å². The SMILES string of the molecule is C[C@@](O)(CO)[C@H]1CC[C@@](C)(O)[C@H](O)C1. The third-order valence-corrected chi connectivity index (χ3v) is 3.42. The van der Waals surface area contributed by atoms with Gasteiger partial charge in [-0.1, -0.05) is 0 Å². The maximum absolute atomic E-state index is 9.79. The second-order valence-electron chi connectivity index (χ2n) is 4.86. The van der Waals surface area contributed by atoms with Crippen molar-refractivity contribution in [1.29, 1.82) is 0 Å². The van der Waals surface area contributed by atoms with Gasteiger partial charge in [0, 0.05) is 0 Å². The van der Waals surface area contributed by atoms with Gasteiger partial charge in [-0.3, -0.25) is 0 Å². The molecule has 0 aromatic carbocycles. The summed E-state index contributed by atoms with van der Waals surface area (Å²) in [5, 5.41) is 38.1. The van der Waals surface area contributed by atoms with Crippen molar-refractivity contribution in [2.75, 3.05) is 6.61 Å². The van der Waals surface area contributed by atoms with E-state index in [1.165, 1.54) is 0 Å². The molecule has 0 radical (unpaired) electrons. The van der Waals surface area contributed by atoms with Crippen molar-refractivity contribution in [3.8, 4) is 0 Å². The Morgan fingerprint density at radius 2 is 2.07 bits per heavy atom. The van der Waals surface area contributed by atoms with Gasteiger partial charge in [0.2, 0.25) is 0 Å². The van der Waals surface area contributed by atoms with Crippen molar-refractivity contribution in [2.45, 2.75) is 50.4 Å². The van der Waals surface area contributed by atoms with Crippen molar-refractivity contribution < 1.29 is 20.4 Å². The maximum atomic E-state index is 9.79. The lowest BCUT2D eigenvalue weighted by molar-refractivity contribution is -0.139. The number of aliphatic hydroxyl groups excluding tert-OH is 2. The molecule has 1 rings (SSSR count). The van der Waals surface area contributed by atoms with Crippen molar-refractivity contribution in [3.05, 3.63) is 0 Å². The summed E-state index contributed by atoms with van der Waals surface area (Å²) >= 11 is 0. The maximum Gasteiger partial charge on any atom is 0.0878 e. The monoisotopic (exact) mass is 204 g/mol. The first kappa shape index (κ1) is 11.9. The smallest absolute Gasteiger partial charge is 0.0878 e. The molecule has 0 heterocycles. The Labute approximate surface area is 84.2 Å². The standard InChI is InChI=1S/C10H20O4/c1-9(13)4-3-7(5-8(9)12)10(2,14)6-11/h7-8,11-14H,3-6H2,1-2H3/t7-,8+,9+,10+/m0/s1. The van der Waals surface area contributed by atoms with Gasteiger partial charge in [-0.25, -0.2) is 0 Å². The highest BCUT2D eigenvalue weighted by molar-refractivity contribution is 4.95. The van der Waals surface area contributed by atoms with Crippen LogP contribution in [0.2, 0.25) is 0 Å². The highest BCUT2D eigenvalue weighted by Crippen LogP contribution is 2.37. The van der Waals surface area contributed by atoms with Gasteiger partial charge in [0.25, 0.3) is 0 Å². The van der Waals surface area contributed by atoms with Crippen LogP contribution in [-0.4, -0.2) is 44.3 Å². The van der Waals surface area contributed by atoms with Gasteiger partial charge in [0.1, 0.15) is 0 Å². The van der Waals surface area contributed by atoms with Gasteiger partial charge in [0.05, 0.1) is 23.9 Å². The number of rotatable bonds is 2. The lowest BCUT2D eigenvalue weighted by Crippen LogP contribution is -2.50. The van der Waals surface area contributed by atoms with Crippen molar-refractivity contribution >= 4 is 0 Å². The molecule has 0 unspecified atom stereocenters. The molecule has 1 aliphatic rings. The third-order valence-electron chi connectivity index (χ3n) is 3.42. The molecule has 0 aromatic heterocycles. The Bertz CT molecular complexity index is 200. The van der Waals surface area contributed by atoms with Crippen LogP contribution in [0.5, 0.6) is 0 Å². The molecule has 4 atom stereocenters. The summed E-state index contributed by atoms with van der Waals surface area (Å²) < 4.78 is 0. The van der Waals surface area contributed by atoms with Crippen LogP contribution in [0.1, 0.15) is 33.1 Å². The van der Waals surface area contributed by atoms with E-state index in [2.05, 4.69) is 0 Å². The Morgan fingerprint density at radius 1 is 1.50 bits per heavy atom. The van der Waals surface area contributed by atoms with E-state index in [4.69, 9.17) is 5.11 Å². The largest absolute Gasteiger partial charge is 0.393 e. The molecule has 4 nitrogen and oxygen atoms in total. The second-order valence-corrected chi connectivity index (χ2v) is 4.86. The Balaban J connectivity index is 2.63. The summed E-state index contributed by atoms with van der Waals surface area (Å²) in [6, 6.07) is 0. The number of hydrogen-bond donors (Lipinski definition) is 4. The second kappa shape index (κ2) is 3.77. The minimum Gasteiger partial charge on any atom is -0.393 e. The lowest BCUT2D eigenvalue weighted by atomic mass is 9.71. The van der Waals surface area contributed by atoms with Gasteiger partial charge >= 0.3 is 0 Å². The van der Waals surface area contributed by atoms with E-state index in [9.17, 15) is 15.3 Å². The third kappa shape index (κ3) is 2.25. The van der Waals surface area contributed by atoms with Crippen molar-refractivity contribution in [1.82, 2.24) is 0 Å². The fourth-order valence-electron chi connectivity index (χ4n) is 1.97. The van der Waals surface area contributed by atoms with E-state index >= 15 is 0 Å². The summed E-state index contributed by atoms with van der Waals surface area (Å²) in [7, 11) is 0. The van der Waals surface area contributed by atoms with Gasteiger partial charge in [0.15, 0.2) is 0 Å². The summed E-state index contributed by atoms with van der Waals surface area (Å²) in [5.41, 5.74) is -2.21.